The molecule has 0 aromatic heterocycles. The van der Waals surface area contributed by atoms with Gasteiger partial charge in [-0.1, -0.05) is 35.9 Å². The lowest BCUT2D eigenvalue weighted by Crippen LogP contribution is -2.49. The highest BCUT2D eigenvalue weighted by molar-refractivity contribution is 7.80. The highest BCUT2D eigenvalue weighted by Crippen LogP contribution is 2.31. The van der Waals surface area contributed by atoms with Crippen LogP contribution in [-0.2, 0) is 0 Å². The standard InChI is InChI=1S/C27H27ClN4O4S/c1-35-22-9-6-10-23(36-2)24(22)25(33)30-27(37)29-20-17-19(28)11-12-21(20)31-13-15-32(16-14-31)26(34)18-7-4-3-5-8-18/h3-12,17H,13-16H2,1-2H3,(H2,29,30,33,37). The smallest absolute Gasteiger partial charge is 0.264 e. The highest BCUT2D eigenvalue weighted by atomic mass is 35.5. The van der Waals surface area contributed by atoms with Crippen molar-refractivity contribution in [3.05, 3.63) is 82.9 Å². The van der Waals surface area contributed by atoms with Gasteiger partial charge in [-0.25, -0.2) is 0 Å². The van der Waals surface area contributed by atoms with Crippen LogP contribution >= 0.6 is 23.8 Å². The van der Waals surface area contributed by atoms with Gasteiger partial charge in [0, 0.05) is 36.8 Å². The van der Waals surface area contributed by atoms with E-state index in [0.717, 1.165) is 5.69 Å². The second-order valence-electron chi connectivity index (χ2n) is 8.25. The molecule has 0 unspecified atom stereocenters. The van der Waals surface area contributed by atoms with E-state index in [1.807, 2.05) is 41.3 Å². The van der Waals surface area contributed by atoms with Crippen LogP contribution in [0.4, 0.5) is 11.4 Å². The Labute approximate surface area is 226 Å². The topological polar surface area (TPSA) is 83.1 Å². The van der Waals surface area contributed by atoms with Crippen LogP contribution in [0, 0.1) is 0 Å². The molecule has 1 aliphatic heterocycles. The second-order valence-corrected chi connectivity index (χ2v) is 9.10. The predicted molar refractivity (Wildman–Crippen MR) is 149 cm³/mol. The Hall–Kier alpha value is -3.82. The van der Waals surface area contributed by atoms with E-state index in [0.29, 0.717) is 54.0 Å². The van der Waals surface area contributed by atoms with Crippen molar-refractivity contribution in [2.75, 3.05) is 50.6 Å². The molecule has 192 valence electrons. The third-order valence-electron chi connectivity index (χ3n) is 6.02. The monoisotopic (exact) mass is 538 g/mol. The molecular formula is C27H27ClN4O4S. The summed E-state index contributed by atoms with van der Waals surface area (Å²) in [6.07, 6.45) is 0. The lowest BCUT2D eigenvalue weighted by atomic mass is 10.1. The molecule has 1 fully saturated rings. The molecule has 1 heterocycles. The number of amides is 2. The van der Waals surface area contributed by atoms with Gasteiger partial charge in [-0.05, 0) is 54.7 Å². The summed E-state index contributed by atoms with van der Waals surface area (Å²) < 4.78 is 10.6. The Morgan fingerprint density at radius 1 is 0.892 bits per heavy atom. The fourth-order valence-corrected chi connectivity index (χ4v) is 4.57. The van der Waals surface area contributed by atoms with Crippen molar-refractivity contribution in [1.82, 2.24) is 10.2 Å². The fraction of sp³-hybridized carbons (Fsp3) is 0.222. The first-order valence-electron chi connectivity index (χ1n) is 11.6. The summed E-state index contributed by atoms with van der Waals surface area (Å²) in [4.78, 5) is 29.8. The van der Waals surface area contributed by atoms with Crippen LogP contribution in [-0.4, -0.2) is 62.2 Å². The summed E-state index contributed by atoms with van der Waals surface area (Å²) in [6, 6.07) is 19.8. The number of methoxy groups -OCH3 is 2. The van der Waals surface area contributed by atoms with Crippen LogP contribution < -0.4 is 25.0 Å². The number of ether oxygens (including phenoxy) is 2. The number of anilines is 2. The van der Waals surface area contributed by atoms with Gasteiger partial charge in [-0.2, -0.15) is 0 Å². The molecule has 0 radical (unpaired) electrons. The Morgan fingerprint density at radius 2 is 1.54 bits per heavy atom. The van der Waals surface area contributed by atoms with Gasteiger partial charge in [-0.15, -0.1) is 0 Å². The minimum atomic E-state index is -0.469. The number of carbonyl (C=O) groups is 2. The van der Waals surface area contributed by atoms with Crippen molar-refractivity contribution in [2.45, 2.75) is 0 Å². The third-order valence-corrected chi connectivity index (χ3v) is 6.46. The van der Waals surface area contributed by atoms with Gasteiger partial charge in [0.1, 0.15) is 17.1 Å². The molecule has 1 saturated heterocycles. The molecule has 3 aromatic carbocycles. The zero-order valence-corrected chi connectivity index (χ0v) is 22.1. The Balaban J connectivity index is 1.45. The lowest BCUT2D eigenvalue weighted by molar-refractivity contribution is 0.0746. The lowest BCUT2D eigenvalue weighted by Gasteiger charge is -2.37. The van der Waals surface area contributed by atoms with Crippen LogP contribution in [0.1, 0.15) is 20.7 Å². The summed E-state index contributed by atoms with van der Waals surface area (Å²) in [6.45, 7) is 2.41. The largest absolute Gasteiger partial charge is 0.496 e. The number of nitrogens with zero attached hydrogens (tertiary/aromatic N) is 2. The van der Waals surface area contributed by atoms with E-state index in [4.69, 9.17) is 33.3 Å². The van der Waals surface area contributed by atoms with Crippen molar-refractivity contribution in [2.24, 2.45) is 0 Å². The van der Waals surface area contributed by atoms with E-state index >= 15 is 0 Å². The van der Waals surface area contributed by atoms with Crippen LogP contribution in [0.25, 0.3) is 0 Å². The maximum atomic E-state index is 13.0. The quantitative estimate of drug-likeness (QED) is 0.449. The molecule has 1 aliphatic rings. The molecule has 2 amide bonds. The summed E-state index contributed by atoms with van der Waals surface area (Å²) in [5.74, 6) is 0.283. The van der Waals surface area contributed by atoms with E-state index in [1.54, 1.807) is 30.3 Å². The van der Waals surface area contributed by atoms with E-state index in [1.165, 1.54) is 14.2 Å². The summed E-state index contributed by atoms with van der Waals surface area (Å²) in [5.41, 5.74) is 2.43. The van der Waals surface area contributed by atoms with Crippen molar-refractivity contribution in [3.8, 4) is 11.5 Å². The predicted octanol–water partition coefficient (Wildman–Crippen LogP) is 4.45. The molecular weight excluding hydrogens is 512 g/mol. The van der Waals surface area contributed by atoms with E-state index in [2.05, 4.69) is 15.5 Å². The molecule has 10 heteroatoms. The zero-order chi connectivity index (χ0) is 26.4. The Morgan fingerprint density at radius 3 is 2.16 bits per heavy atom. The fourth-order valence-electron chi connectivity index (χ4n) is 4.19. The number of nitrogens with one attached hydrogen (secondary N) is 2. The molecule has 0 aliphatic carbocycles. The molecule has 0 bridgehead atoms. The van der Waals surface area contributed by atoms with E-state index < -0.39 is 5.91 Å². The number of benzene rings is 3. The summed E-state index contributed by atoms with van der Waals surface area (Å²) >= 11 is 11.7. The molecule has 0 spiro atoms. The zero-order valence-electron chi connectivity index (χ0n) is 20.5. The Kier molecular flexibility index (Phi) is 8.47. The van der Waals surface area contributed by atoms with Gasteiger partial charge in [0.25, 0.3) is 11.8 Å². The van der Waals surface area contributed by atoms with Crippen molar-refractivity contribution in [1.29, 1.82) is 0 Å². The van der Waals surface area contributed by atoms with Gasteiger partial charge in [0.05, 0.1) is 25.6 Å². The minimum absolute atomic E-state index is 0.0189. The SMILES string of the molecule is COc1cccc(OC)c1C(=O)NC(=S)Nc1cc(Cl)ccc1N1CCN(C(=O)c2ccccc2)CC1. The maximum Gasteiger partial charge on any atom is 0.264 e. The molecule has 3 aromatic rings. The number of piperazine rings is 1. The van der Waals surface area contributed by atoms with Gasteiger partial charge in [0.2, 0.25) is 0 Å². The molecule has 8 nitrogen and oxygen atoms in total. The number of hydrogen-bond donors (Lipinski definition) is 2. The second kappa shape index (κ2) is 11.9. The third kappa shape index (κ3) is 6.12. The van der Waals surface area contributed by atoms with Crippen molar-refractivity contribution < 1.29 is 19.1 Å². The highest BCUT2D eigenvalue weighted by Gasteiger charge is 2.24. The van der Waals surface area contributed by atoms with Gasteiger partial charge < -0.3 is 24.6 Å². The van der Waals surface area contributed by atoms with Crippen LogP contribution in [0.2, 0.25) is 5.02 Å². The first-order chi connectivity index (χ1) is 17.9. The molecule has 4 rings (SSSR count). The van der Waals surface area contributed by atoms with Gasteiger partial charge >= 0.3 is 0 Å². The number of rotatable bonds is 6. The normalized spacial score (nSPS) is 13.1. The van der Waals surface area contributed by atoms with Crippen LogP contribution in [0.5, 0.6) is 11.5 Å². The Bertz CT molecular complexity index is 1270. The first-order valence-corrected chi connectivity index (χ1v) is 12.4. The number of halogens is 1. The van der Waals surface area contributed by atoms with Crippen molar-refractivity contribution in [3.63, 3.8) is 0 Å². The summed E-state index contributed by atoms with van der Waals surface area (Å²) in [5, 5.41) is 6.40. The molecule has 2 N–H and O–H groups in total. The average Bonchev–Trinajstić information content (AvgIpc) is 2.92. The van der Waals surface area contributed by atoms with Crippen LogP contribution in [0.3, 0.4) is 0 Å². The minimum Gasteiger partial charge on any atom is -0.496 e. The molecule has 0 atom stereocenters. The molecule has 0 saturated carbocycles. The summed E-state index contributed by atoms with van der Waals surface area (Å²) in [7, 11) is 2.96. The number of thiocarbonyl (C=S) groups is 1. The maximum absolute atomic E-state index is 13.0. The van der Waals surface area contributed by atoms with Crippen molar-refractivity contribution >= 4 is 52.1 Å². The molecule has 37 heavy (non-hydrogen) atoms. The number of carbonyl (C=O) groups excluding carboxylic acids is 2. The van der Waals surface area contributed by atoms with Gasteiger partial charge in [0.15, 0.2) is 5.11 Å². The first kappa shape index (κ1) is 26.2. The van der Waals surface area contributed by atoms with E-state index in [9.17, 15) is 9.59 Å². The van der Waals surface area contributed by atoms with Gasteiger partial charge in [-0.3, -0.25) is 14.9 Å². The van der Waals surface area contributed by atoms with E-state index in [-0.39, 0.29) is 16.6 Å². The average molecular weight is 539 g/mol. The van der Waals surface area contributed by atoms with Crippen LogP contribution in [0.15, 0.2) is 66.7 Å². The number of hydrogen-bond acceptors (Lipinski definition) is 6.